The summed E-state index contributed by atoms with van der Waals surface area (Å²) in [4.78, 5) is 14.1. The highest BCUT2D eigenvalue weighted by atomic mass is 32.1. The summed E-state index contributed by atoms with van der Waals surface area (Å²) >= 11 is 1.28. The van der Waals surface area contributed by atoms with Crippen molar-refractivity contribution < 1.29 is 9.90 Å². The second kappa shape index (κ2) is 5.11. The van der Waals surface area contributed by atoms with Crippen LogP contribution in [0.3, 0.4) is 0 Å². The molecule has 0 aliphatic carbocycles. The first-order valence-corrected chi connectivity index (χ1v) is 6.98. The third-order valence-electron chi connectivity index (χ3n) is 3.37. The molecule has 2 heterocycles. The maximum atomic E-state index is 10.8. The topological polar surface area (TPSA) is 53.4 Å². The summed E-state index contributed by atoms with van der Waals surface area (Å²) in [5, 5.41) is 8.86. The first-order valence-electron chi connectivity index (χ1n) is 6.20. The number of aromatic carboxylic acids is 1. The van der Waals surface area contributed by atoms with Gasteiger partial charge in [-0.05, 0) is 35.1 Å². The monoisotopic (exact) mass is 274 g/mol. The van der Waals surface area contributed by atoms with Crippen LogP contribution in [-0.4, -0.2) is 26.9 Å². The van der Waals surface area contributed by atoms with Crippen LogP contribution in [0.2, 0.25) is 0 Å². The number of carboxylic acid groups (broad SMARTS) is 1. The Bertz CT molecular complexity index is 609. The fourth-order valence-corrected chi connectivity index (χ4v) is 3.15. The lowest BCUT2D eigenvalue weighted by Crippen LogP contribution is -2.29. The molecular formula is C14H14N2O2S. The van der Waals surface area contributed by atoms with Gasteiger partial charge in [0.2, 0.25) is 0 Å². The van der Waals surface area contributed by atoms with Crippen molar-refractivity contribution in [3.63, 3.8) is 0 Å². The highest BCUT2D eigenvalue weighted by molar-refractivity contribution is 7.05. The van der Waals surface area contributed by atoms with E-state index in [-0.39, 0.29) is 5.69 Å². The van der Waals surface area contributed by atoms with Crippen LogP contribution in [0.25, 0.3) is 0 Å². The van der Waals surface area contributed by atoms with Gasteiger partial charge in [-0.3, -0.25) is 4.90 Å². The van der Waals surface area contributed by atoms with Gasteiger partial charge in [0, 0.05) is 24.5 Å². The molecule has 1 aromatic carbocycles. The van der Waals surface area contributed by atoms with E-state index >= 15 is 0 Å². The van der Waals surface area contributed by atoms with Crippen molar-refractivity contribution in [2.45, 2.75) is 19.5 Å². The minimum atomic E-state index is -0.952. The second-order valence-electron chi connectivity index (χ2n) is 4.71. The standard InChI is InChI=1S/C14H14N2O2S/c17-14(18)13-7-12(19-15-13)9-16-6-5-10-3-1-2-4-11(10)8-16/h1-4,7H,5-6,8-9H2,(H,17,18). The molecule has 0 amide bonds. The van der Waals surface area contributed by atoms with Crippen LogP contribution in [0.5, 0.6) is 0 Å². The molecule has 2 aromatic rings. The summed E-state index contributed by atoms with van der Waals surface area (Å²) in [7, 11) is 0. The Morgan fingerprint density at radius 3 is 2.89 bits per heavy atom. The average molecular weight is 274 g/mol. The number of rotatable bonds is 3. The highest BCUT2D eigenvalue weighted by Gasteiger charge is 2.17. The number of hydrogen-bond acceptors (Lipinski definition) is 4. The summed E-state index contributed by atoms with van der Waals surface area (Å²) < 4.78 is 3.94. The number of carbonyl (C=O) groups is 1. The van der Waals surface area contributed by atoms with Gasteiger partial charge in [0.05, 0.1) is 0 Å². The maximum Gasteiger partial charge on any atom is 0.355 e. The van der Waals surface area contributed by atoms with Gasteiger partial charge in [-0.1, -0.05) is 24.3 Å². The minimum absolute atomic E-state index is 0.150. The van der Waals surface area contributed by atoms with E-state index in [9.17, 15) is 4.79 Å². The van der Waals surface area contributed by atoms with Crippen LogP contribution >= 0.6 is 11.5 Å². The number of aromatic nitrogens is 1. The van der Waals surface area contributed by atoms with E-state index in [1.54, 1.807) is 6.07 Å². The van der Waals surface area contributed by atoms with E-state index in [1.165, 1.54) is 22.7 Å². The molecule has 98 valence electrons. The minimum Gasteiger partial charge on any atom is -0.476 e. The Morgan fingerprint density at radius 1 is 1.37 bits per heavy atom. The van der Waals surface area contributed by atoms with E-state index in [2.05, 4.69) is 33.5 Å². The lowest BCUT2D eigenvalue weighted by atomic mass is 10.00. The Balaban J connectivity index is 1.70. The molecule has 19 heavy (non-hydrogen) atoms. The SMILES string of the molecule is O=C(O)c1cc(CN2CCc3ccccc3C2)sn1. The average Bonchev–Trinajstić information content (AvgIpc) is 2.87. The van der Waals surface area contributed by atoms with Gasteiger partial charge in [0.15, 0.2) is 5.69 Å². The van der Waals surface area contributed by atoms with Crippen molar-refractivity contribution in [3.8, 4) is 0 Å². The molecule has 0 fully saturated rings. The molecule has 0 saturated heterocycles. The molecule has 1 aliphatic rings. The van der Waals surface area contributed by atoms with Crippen LogP contribution < -0.4 is 0 Å². The first kappa shape index (κ1) is 12.3. The summed E-state index contributed by atoms with van der Waals surface area (Å²) in [5.41, 5.74) is 2.95. The predicted molar refractivity (Wildman–Crippen MR) is 73.3 cm³/mol. The Hall–Kier alpha value is -1.72. The van der Waals surface area contributed by atoms with Crippen LogP contribution in [0.4, 0.5) is 0 Å². The van der Waals surface area contributed by atoms with E-state index in [0.29, 0.717) is 0 Å². The molecule has 1 aliphatic heterocycles. The summed E-state index contributed by atoms with van der Waals surface area (Å²) in [6.45, 7) is 2.72. The summed E-state index contributed by atoms with van der Waals surface area (Å²) in [5.74, 6) is -0.952. The van der Waals surface area contributed by atoms with Gasteiger partial charge in [0.1, 0.15) is 0 Å². The van der Waals surface area contributed by atoms with Gasteiger partial charge in [-0.15, -0.1) is 0 Å². The van der Waals surface area contributed by atoms with Crippen molar-refractivity contribution >= 4 is 17.5 Å². The fourth-order valence-electron chi connectivity index (χ4n) is 2.40. The van der Waals surface area contributed by atoms with Crippen LogP contribution in [0.15, 0.2) is 30.3 Å². The van der Waals surface area contributed by atoms with Crippen molar-refractivity contribution in [1.82, 2.24) is 9.27 Å². The number of carboxylic acids is 1. The van der Waals surface area contributed by atoms with Gasteiger partial charge in [-0.25, -0.2) is 4.79 Å². The molecule has 0 bridgehead atoms. The quantitative estimate of drug-likeness (QED) is 0.933. The Morgan fingerprint density at radius 2 is 2.16 bits per heavy atom. The van der Waals surface area contributed by atoms with E-state index < -0.39 is 5.97 Å². The number of hydrogen-bond donors (Lipinski definition) is 1. The maximum absolute atomic E-state index is 10.8. The third-order valence-corrected chi connectivity index (χ3v) is 4.14. The molecule has 3 rings (SSSR count). The zero-order chi connectivity index (χ0) is 13.2. The molecule has 1 aromatic heterocycles. The van der Waals surface area contributed by atoms with Gasteiger partial charge in [0.25, 0.3) is 0 Å². The lowest BCUT2D eigenvalue weighted by Gasteiger charge is -2.28. The third kappa shape index (κ3) is 2.67. The molecule has 0 radical (unpaired) electrons. The van der Waals surface area contributed by atoms with Gasteiger partial charge < -0.3 is 5.11 Å². The van der Waals surface area contributed by atoms with Crippen molar-refractivity contribution in [2.24, 2.45) is 0 Å². The van der Waals surface area contributed by atoms with Crippen LogP contribution in [0, 0.1) is 0 Å². The zero-order valence-corrected chi connectivity index (χ0v) is 11.2. The highest BCUT2D eigenvalue weighted by Crippen LogP contribution is 2.21. The molecule has 5 heteroatoms. The molecule has 0 saturated carbocycles. The van der Waals surface area contributed by atoms with Crippen LogP contribution in [0.1, 0.15) is 26.5 Å². The normalized spacial score (nSPS) is 15.2. The molecular weight excluding hydrogens is 260 g/mol. The Kier molecular flexibility index (Phi) is 3.31. The molecule has 0 spiro atoms. The first-order chi connectivity index (χ1) is 9.22. The fraction of sp³-hybridized carbons (Fsp3) is 0.286. The zero-order valence-electron chi connectivity index (χ0n) is 10.4. The lowest BCUT2D eigenvalue weighted by molar-refractivity contribution is 0.0691. The predicted octanol–water partition coefficient (Wildman–Crippen LogP) is 2.40. The molecule has 0 unspecified atom stereocenters. The summed E-state index contributed by atoms with van der Waals surface area (Å²) in [6, 6.07) is 10.2. The second-order valence-corrected chi connectivity index (χ2v) is 5.60. The van der Waals surface area contributed by atoms with E-state index in [1.807, 2.05) is 0 Å². The van der Waals surface area contributed by atoms with E-state index in [0.717, 1.165) is 30.9 Å². The van der Waals surface area contributed by atoms with Crippen molar-refractivity contribution in [3.05, 3.63) is 52.0 Å². The summed E-state index contributed by atoms with van der Waals surface area (Å²) in [6.07, 6.45) is 1.06. The van der Waals surface area contributed by atoms with Crippen molar-refractivity contribution in [2.75, 3.05) is 6.54 Å². The van der Waals surface area contributed by atoms with Crippen molar-refractivity contribution in [1.29, 1.82) is 0 Å². The number of nitrogens with zero attached hydrogens (tertiary/aromatic N) is 2. The van der Waals surface area contributed by atoms with Gasteiger partial charge >= 0.3 is 5.97 Å². The van der Waals surface area contributed by atoms with E-state index in [4.69, 9.17) is 5.11 Å². The molecule has 4 nitrogen and oxygen atoms in total. The molecule has 0 atom stereocenters. The smallest absolute Gasteiger partial charge is 0.355 e. The van der Waals surface area contributed by atoms with Gasteiger partial charge in [-0.2, -0.15) is 4.37 Å². The number of benzene rings is 1. The van der Waals surface area contributed by atoms with Crippen LogP contribution in [-0.2, 0) is 19.5 Å². The largest absolute Gasteiger partial charge is 0.476 e. The number of fused-ring (bicyclic) bond motifs is 1. The molecule has 1 N–H and O–H groups in total. The Labute approximate surface area is 115 Å².